The summed E-state index contributed by atoms with van der Waals surface area (Å²) in [7, 11) is -1.82. The van der Waals surface area contributed by atoms with Gasteiger partial charge in [-0.3, -0.25) is 5.41 Å². The summed E-state index contributed by atoms with van der Waals surface area (Å²) in [6, 6.07) is 22.0. The van der Waals surface area contributed by atoms with Crippen LogP contribution in [0.4, 0.5) is 5.69 Å². The summed E-state index contributed by atoms with van der Waals surface area (Å²) >= 11 is 0. The standard InChI is InChI=1S/C25H30N4O4S/c1-3-34(30,31)28-16-22(29-21-12-9-19(10-13-21)25(26)27)20-11-14-23(24(15-20)32-2)33-17-18-7-5-4-6-8-18/h4-15,22,28-29H,3,16-17H2,1-2H3,(H3,26,27). The third kappa shape index (κ3) is 6.97. The van der Waals surface area contributed by atoms with Gasteiger partial charge in [-0.2, -0.15) is 0 Å². The Hall–Kier alpha value is -3.56. The monoisotopic (exact) mass is 482 g/mol. The van der Waals surface area contributed by atoms with Crippen molar-refractivity contribution in [1.82, 2.24) is 4.72 Å². The third-order valence-electron chi connectivity index (χ3n) is 5.25. The highest BCUT2D eigenvalue weighted by Crippen LogP contribution is 2.32. The molecule has 0 spiro atoms. The molecule has 1 atom stereocenters. The fourth-order valence-electron chi connectivity index (χ4n) is 3.27. The molecule has 0 radical (unpaired) electrons. The predicted molar refractivity (Wildman–Crippen MR) is 135 cm³/mol. The fourth-order valence-corrected chi connectivity index (χ4v) is 3.89. The van der Waals surface area contributed by atoms with E-state index in [2.05, 4.69) is 10.0 Å². The summed E-state index contributed by atoms with van der Waals surface area (Å²) in [6.45, 7) is 2.13. The Labute approximate surface area is 200 Å². The molecule has 0 saturated heterocycles. The largest absolute Gasteiger partial charge is 0.493 e. The summed E-state index contributed by atoms with van der Waals surface area (Å²) in [6.07, 6.45) is 0. The number of amidine groups is 1. The minimum atomic E-state index is -3.39. The number of rotatable bonds is 12. The molecule has 0 fully saturated rings. The number of ether oxygens (including phenoxy) is 2. The summed E-state index contributed by atoms with van der Waals surface area (Å²) in [5.74, 6) is 1.11. The van der Waals surface area contributed by atoms with Crippen molar-refractivity contribution < 1.29 is 17.9 Å². The van der Waals surface area contributed by atoms with E-state index in [-0.39, 0.29) is 24.2 Å². The summed E-state index contributed by atoms with van der Waals surface area (Å²) < 4.78 is 38.3. The second-order valence-corrected chi connectivity index (χ2v) is 9.72. The molecule has 34 heavy (non-hydrogen) atoms. The molecule has 3 aromatic carbocycles. The van der Waals surface area contributed by atoms with Gasteiger partial charge in [0.05, 0.1) is 18.9 Å². The highest BCUT2D eigenvalue weighted by Gasteiger charge is 2.18. The highest BCUT2D eigenvalue weighted by atomic mass is 32.2. The van der Waals surface area contributed by atoms with E-state index in [9.17, 15) is 8.42 Å². The Morgan fingerprint density at radius 2 is 1.74 bits per heavy atom. The topological polar surface area (TPSA) is 127 Å². The number of anilines is 1. The lowest BCUT2D eigenvalue weighted by atomic mass is 10.1. The molecule has 0 heterocycles. The summed E-state index contributed by atoms with van der Waals surface area (Å²) in [5.41, 5.74) is 8.76. The number of sulfonamides is 1. The zero-order valence-electron chi connectivity index (χ0n) is 19.2. The van der Waals surface area contributed by atoms with Crippen molar-refractivity contribution in [2.75, 3.05) is 24.7 Å². The lowest BCUT2D eigenvalue weighted by Gasteiger charge is -2.22. The Kier molecular flexibility index (Phi) is 8.50. The van der Waals surface area contributed by atoms with Crippen LogP contribution in [0.3, 0.4) is 0 Å². The van der Waals surface area contributed by atoms with Gasteiger partial charge in [0.1, 0.15) is 12.4 Å². The Balaban J connectivity index is 1.83. The van der Waals surface area contributed by atoms with E-state index in [4.69, 9.17) is 20.6 Å². The zero-order chi connectivity index (χ0) is 24.6. The maximum atomic E-state index is 12.1. The average Bonchev–Trinajstić information content (AvgIpc) is 2.86. The van der Waals surface area contributed by atoms with Crippen molar-refractivity contribution in [3.63, 3.8) is 0 Å². The SMILES string of the molecule is CCS(=O)(=O)NCC(Nc1ccc(C(=N)N)cc1)c1ccc(OCc2ccccc2)c(OC)c1. The molecular formula is C25H30N4O4S. The molecule has 0 aliphatic heterocycles. The molecule has 8 nitrogen and oxygen atoms in total. The van der Waals surface area contributed by atoms with Gasteiger partial charge >= 0.3 is 0 Å². The first kappa shape index (κ1) is 25.1. The van der Waals surface area contributed by atoms with E-state index in [1.165, 1.54) is 0 Å². The van der Waals surface area contributed by atoms with Crippen molar-refractivity contribution >= 4 is 21.5 Å². The number of nitrogens with two attached hydrogens (primary N) is 1. The van der Waals surface area contributed by atoms with Crippen LogP contribution in [0, 0.1) is 5.41 Å². The number of nitrogens with one attached hydrogen (secondary N) is 3. The van der Waals surface area contributed by atoms with Gasteiger partial charge in [0.2, 0.25) is 10.0 Å². The molecule has 3 rings (SSSR count). The first-order valence-electron chi connectivity index (χ1n) is 10.8. The van der Waals surface area contributed by atoms with Crippen LogP contribution < -0.4 is 25.2 Å². The number of methoxy groups -OCH3 is 1. The molecule has 0 aliphatic carbocycles. The third-order valence-corrected chi connectivity index (χ3v) is 6.62. The molecule has 1 unspecified atom stereocenters. The fraction of sp³-hybridized carbons (Fsp3) is 0.240. The molecule has 0 aliphatic rings. The molecule has 0 bridgehead atoms. The quantitative estimate of drug-likeness (QED) is 0.231. The van der Waals surface area contributed by atoms with Crippen LogP contribution in [-0.2, 0) is 16.6 Å². The Morgan fingerprint density at radius 3 is 2.35 bits per heavy atom. The van der Waals surface area contributed by atoms with Crippen LogP contribution in [0.5, 0.6) is 11.5 Å². The Bertz CT molecular complexity index is 1200. The van der Waals surface area contributed by atoms with Crippen LogP contribution in [0.1, 0.15) is 29.7 Å². The number of hydrogen-bond acceptors (Lipinski definition) is 6. The highest BCUT2D eigenvalue weighted by molar-refractivity contribution is 7.89. The summed E-state index contributed by atoms with van der Waals surface area (Å²) in [5, 5.41) is 10.9. The predicted octanol–water partition coefficient (Wildman–Crippen LogP) is 3.65. The van der Waals surface area contributed by atoms with Crippen molar-refractivity contribution in [1.29, 1.82) is 5.41 Å². The van der Waals surface area contributed by atoms with Gasteiger partial charge in [0.25, 0.3) is 0 Å². The number of hydrogen-bond donors (Lipinski definition) is 4. The lowest BCUT2D eigenvalue weighted by Crippen LogP contribution is -2.32. The van der Waals surface area contributed by atoms with Crippen LogP contribution in [0.2, 0.25) is 0 Å². The van der Waals surface area contributed by atoms with E-state index < -0.39 is 10.0 Å². The van der Waals surface area contributed by atoms with E-state index in [0.29, 0.717) is 23.7 Å². The molecule has 0 amide bonds. The second kappa shape index (κ2) is 11.5. The molecule has 3 aromatic rings. The van der Waals surface area contributed by atoms with Gasteiger partial charge in [0.15, 0.2) is 11.5 Å². The normalized spacial score (nSPS) is 12.1. The number of benzene rings is 3. The van der Waals surface area contributed by atoms with Crippen LogP contribution in [0.25, 0.3) is 0 Å². The van der Waals surface area contributed by atoms with Gasteiger partial charge in [-0.15, -0.1) is 0 Å². The van der Waals surface area contributed by atoms with Crippen molar-refractivity contribution in [2.45, 2.75) is 19.6 Å². The maximum absolute atomic E-state index is 12.1. The Morgan fingerprint density at radius 1 is 1.03 bits per heavy atom. The first-order valence-corrected chi connectivity index (χ1v) is 12.5. The molecule has 0 aromatic heterocycles. The van der Waals surface area contributed by atoms with Gasteiger partial charge < -0.3 is 20.5 Å². The van der Waals surface area contributed by atoms with Crippen molar-refractivity contribution in [2.24, 2.45) is 5.73 Å². The van der Waals surface area contributed by atoms with Gasteiger partial charge in [-0.1, -0.05) is 36.4 Å². The minimum Gasteiger partial charge on any atom is -0.493 e. The van der Waals surface area contributed by atoms with E-state index in [1.54, 1.807) is 38.3 Å². The van der Waals surface area contributed by atoms with Crippen LogP contribution >= 0.6 is 0 Å². The van der Waals surface area contributed by atoms with Gasteiger partial charge in [-0.05, 0) is 54.4 Å². The summed E-state index contributed by atoms with van der Waals surface area (Å²) in [4.78, 5) is 0. The maximum Gasteiger partial charge on any atom is 0.211 e. The van der Waals surface area contributed by atoms with Crippen LogP contribution in [0.15, 0.2) is 72.8 Å². The second-order valence-electron chi connectivity index (χ2n) is 7.62. The molecule has 5 N–H and O–H groups in total. The zero-order valence-corrected chi connectivity index (χ0v) is 20.1. The van der Waals surface area contributed by atoms with Crippen LogP contribution in [-0.4, -0.2) is 33.7 Å². The van der Waals surface area contributed by atoms with E-state index >= 15 is 0 Å². The minimum absolute atomic E-state index is 0.0113. The first-order chi connectivity index (χ1) is 16.3. The number of nitrogen functional groups attached to an aromatic ring is 1. The van der Waals surface area contributed by atoms with Gasteiger partial charge in [0, 0.05) is 17.8 Å². The molecule has 9 heteroatoms. The van der Waals surface area contributed by atoms with E-state index in [0.717, 1.165) is 16.8 Å². The lowest BCUT2D eigenvalue weighted by molar-refractivity contribution is 0.284. The van der Waals surface area contributed by atoms with E-state index in [1.807, 2.05) is 48.5 Å². The molecular weight excluding hydrogens is 452 g/mol. The van der Waals surface area contributed by atoms with Crippen molar-refractivity contribution in [3.8, 4) is 11.5 Å². The average molecular weight is 483 g/mol. The molecule has 0 saturated carbocycles. The molecule has 180 valence electrons. The van der Waals surface area contributed by atoms with Gasteiger partial charge in [-0.25, -0.2) is 13.1 Å². The smallest absolute Gasteiger partial charge is 0.211 e. The van der Waals surface area contributed by atoms with Crippen molar-refractivity contribution in [3.05, 3.63) is 89.5 Å².